The number of hydrogen-bond donors (Lipinski definition) is 0. The second-order valence-corrected chi connectivity index (χ2v) is 7.22. The van der Waals surface area contributed by atoms with Gasteiger partial charge in [0, 0.05) is 25.6 Å². The van der Waals surface area contributed by atoms with Crippen LogP contribution in [0.4, 0.5) is 0 Å². The smallest absolute Gasteiger partial charge is 0.252 e. The number of carbonyl (C=O) groups excluding carboxylic acids is 1. The molecule has 0 spiro atoms. The molecule has 1 atom stereocenters. The van der Waals surface area contributed by atoms with Crippen molar-refractivity contribution in [2.75, 3.05) is 19.7 Å². The van der Waals surface area contributed by atoms with Gasteiger partial charge in [0.15, 0.2) is 5.82 Å². The van der Waals surface area contributed by atoms with Crippen LogP contribution in [0.15, 0.2) is 34.9 Å². The fourth-order valence-electron chi connectivity index (χ4n) is 3.87. The van der Waals surface area contributed by atoms with Gasteiger partial charge in [-0.3, -0.25) is 4.79 Å². The zero-order chi connectivity index (χ0) is 18.0. The second kappa shape index (κ2) is 7.19. The SMILES string of the molecule is CCOCc1nc(C2CCCN(C(=O)C3(c4ccccc4)CC3)C2)no1. The van der Waals surface area contributed by atoms with Gasteiger partial charge in [0.25, 0.3) is 5.89 Å². The molecule has 2 heterocycles. The predicted octanol–water partition coefficient (Wildman–Crippen LogP) is 3.04. The Balaban J connectivity index is 1.45. The third kappa shape index (κ3) is 3.26. The van der Waals surface area contributed by atoms with E-state index in [2.05, 4.69) is 22.3 Å². The number of likely N-dealkylation sites (tertiary alicyclic amines) is 1. The summed E-state index contributed by atoms with van der Waals surface area (Å²) in [5.41, 5.74) is 0.839. The first-order valence-corrected chi connectivity index (χ1v) is 9.48. The van der Waals surface area contributed by atoms with Crippen molar-refractivity contribution in [3.63, 3.8) is 0 Å². The summed E-state index contributed by atoms with van der Waals surface area (Å²) >= 11 is 0. The molecule has 1 aromatic carbocycles. The second-order valence-electron chi connectivity index (χ2n) is 7.22. The Morgan fingerprint density at radius 3 is 2.88 bits per heavy atom. The normalized spacial score (nSPS) is 21.6. The average molecular weight is 355 g/mol. The minimum absolute atomic E-state index is 0.137. The molecule has 6 heteroatoms. The van der Waals surface area contributed by atoms with Crippen LogP contribution in [0.1, 0.15) is 55.8 Å². The maximum atomic E-state index is 13.2. The van der Waals surface area contributed by atoms with E-state index < -0.39 is 0 Å². The molecule has 2 aromatic rings. The molecule has 1 aliphatic heterocycles. The van der Waals surface area contributed by atoms with E-state index in [1.165, 1.54) is 0 Å². The molecule has 26 heavy (non-hydrogen) atoms. The summed E-state index contributed by atoms with van der Waals surface area (Å²) in [4.78, 5) is 19.7. The number of piperidine rings is 1. The van der Waals surface area contributed by atoms with Crippen molar-refractivity contribution in [1.82, 2.24) is 15.0 Å². The van der Waals surface area contributed by atoms with Crippen LogP contribution in [0.5, 0.6) is 0 Å². The first kappa shape index (κ1) is 17.2. The molecule has 6 nitrogen and oxygen atoms in total. The molecule has 0 N–H and O–H groups in total. The average Bonchev–Trinajstić information content (AvgIpc) is 3.38. The van der Waals surface area contributed by atoms with Crippen molar-refractivity contribution in [3.05, 3.63) is 47.6 Å². The lowest BCUT2D eigenvalue weighted by Gasteiger charge is -2.34. The van der Waals surface area contributed by atoms with Crippen LogP contribution >= 0.6 is 0 Å². The highest BCUT2D eigenvalue weighted by Gasteiger charge is 2.53. The van der Waals surface area contributed by atoms with Crippen LogP contribution in [0, 0.1) is 0 Å². The summed E-state index contributed by atoms with van der Waals surface area (Å²) in [6.45, 7) is 4.37. The Morgan fingerprint density at radius 2 is 2.15 bits per heavy atom. The van der Waals surface area contributed by atoms with Crippen molar-refractivity contribution >= 4 is 5.91 Å². The maximum absolute atomic E-state index is 13.2. The minimum Gasteiger partial charge on any atom is -0.372 e. The molecule has 1 aromatic heterocycles. The molecule has 2 fully saturated rings. The number of amides is 1. The highest BCUT2D eigenvalue weighted by atomic mass is 16.5. The fraction of sp³-hybridized carbons (Fsp3) is 0.550. The monoisotopic (exact) mass is 355 g/mol. The topological polar surface area (TPSA) is 68.5 Å². The number of nitrogens with zero attached hydrogens (tertiary/aromatic N) is 3. The van der Waals surface area contributed by atoms with E-state index >= 15 is 0 Å². The first-order chi connectivity index (χ1) is 12.7. The van der Waals surface area contributed by atoms with Gasteiger partial charge in [0.05, 0.1) is 5.41 Å². The summed E-state index contributed by atoms with van der Waals surface area (Å²) < 4.78 is 10.6. The Bertz CT molecular complexity index is 755. The molecule has 138 valence electrons. The summed E-state index contributed by atoms with van der Waals surface area (Å²) in [7, 11) is 0. The Morgan fingerprint density at radius 1 is 1.35 bits per heavy atom. The molecule has 1 unspecified atom stereocenters. The zero-order valence-electron chi connectivity index (χ0n) is 15.2. The van der Waals surface area contributed by atoms with Crippen molar-refractivity contribution in [2.24, 2.45) is 0 Å². The van der Waals surface area contributed by atoms with Crippen molar-refractivity contribution in [3.8, 4) is 0 Å². The lowest BCUT2D eigenvalue weighted by molar-refractivity contribution is -0.135. The van der Waals surface area contributed by atoms with E-state index in [4.69, 9.17) is 9.26 Å². The molecular formula is C20H25N3O3. The van der Waals surface area contributed by atoms with E-state index in [1.54, 1.807) is 0 Å². The van der Waals surface area contributed by atoms with Crippen molar-refractivity contribution < 1.29 is 14.1 Å². The number of carbonyl (C=O) groups is 1. The van der Waals surface area contributed by atoms with E-state index in [9.17, 15) is 4.79 Å². The van der Waals surface area contributed by atoms with E-state index in [0.29, 0.717) is 31.5 Å². The van der Waals surface area contributed by atoms with Gasteiger partial charge in [-0.2, -0.15) is 4.98 Å². The molecule has 0 radical (unpaired) electrons. The third-order valence-corrected chi connectivity index (χ3v) is 5.47. The number of rotatable bonds is 6. The van der Waals surface area contributed by atoms with Gasteiger partial charge in [-0.25, -0.2) is 0 Å². The third-order valence-electron chi connectivity index (χ3n) is 5.47. The highest BCUT2D eigenvalue weighted by molar-refractivity contribution is 5.91. The zero-order valence-corrected chi connectivity index (χ0v) is 15.2. The Labute approximate surface area is 153 Å². The minimum atomic E-state index is -0.305. The quantitative estimate of drug-likeness (QED) is 0.797. The van der Waals surface area contributed by atoms with E-state index in [0.717, 1.165) is 37.8 Å². The van der Waals surface area contributed by atoms with Crippen LogP contribution in [-0.2, 0) is 21.6 Å². The van der Waals surface area contributed by atoms with Crippen LogP contribution in [0.2, 0.25) is 0 Å². The molecular weight excluding hydrogens is 330 g/mol. The summed E-state index contributed by atoms with van der Waals surface area (Å²) in [5, 5.41) is 4.12. The number of aromatic nitrogens is 2. The van der Waals surface area contributed by atoms with Crippen molar-refractivity contribution in [2.45, 2.75) is 50.5 Å². The molecule has 0 bridgehead atoms. The van der Waals surface area contributed by atoms with Gasteiger partial charge in [0.2, 0.25) is 5.91 Å². The fourth-order valence-corrected chi connectivity index (χ4v) is 3.87. The first-order valence-electron chi connectivity index (χ1n) is 9.48. The summed E-state index contributed by atoms with van der Waals surface area (Å²) in [6, 6.07) is 10.2. The van der Waals surface area contributed by atoms with Gasteiger partial charge in [0.1, 0.15) is 6.61 Å². The van der Waals surface area contributed by atoms with E-state index in [1.807, 2.05) is 30.0 Å². The highest BCUT2D eigenvalue weighted by Crippen LogP contribution is 2.50. The maximum Gasteiger partial charge on any atom is 0.252 e. The molecule has 1 saturated carbocycles. The lowest BCUT2D eigenvalue weighted by atomic mass is 9.91. The van der Waals surface area contributed by atoms with E-state index in [-0.39, 0.29) is 17.2 Å². The number of hydrogen-bond acceptors (Lipinski definition) is 5. The summed E-state index contributed by atoms with van der Waals surface area (Å²) in [6.07, 6.45) is 3.84. The van der Waals surface area contributed by atoms with Crippen LogP contribution in [0.3, 0.4) is 0 Å². The standard InChI is InChI=1S/C20H25N3O3/c1-2-25-14-17-21-18(22-26-17)15-7-6-12-23(13-15)19(24)20(10-11-20)16-8-4-3-5-9-16/h3-5,8-9,15H,2,6-7,10-14H2,1H3. The van der Waals surface area contributed by atoms with Crippen LogP contribution < -0.4 is 0 Å². The summed E-state index contributed by atoms with van der Waals surface area (Å²) in [5.74, 6) is 1.60. The molecule has 1 aliphatic carbocycles. The van der Waals surface area contributed by atoms with Crippen molar-refractivity contribution in [1.29, 1.82) is 0 Å². The number of ether oxygens (including phenoxy) is 1. The van der Waals surface area contributed by atoms with Gasteiger partial charge < -0.3 is 14.2 Å². The van der Waals surface area contributed by atoms with Gasteiger partial charge >= 0.3 is 0 Å². The molecule has 1 saturated heterocycles. The Kier molecular flexibility index (Phi) is 4.76. The molecule has 4 rings (SSSR count). The molecule has 1 amide bonds. The largest absolute Gasteiger partial charge is 0.372 e. The Hall–Kier alpha value is -2.21. The van der Waals surface area contributed by atoms with Crippen LogP contribution in [0.25, 0.3) is 0 Å². The van der Waals surface area contributed by atoms with Crippen LogP contribution in [-0.4, -0.2) is 40.6 Å². The van der Waals surface area contributed by atoms with Gasteiger partial charge in [-0.15, -0.1) is 0 Å². The lowest BCUT2D eigenvalue weighted by Crippen LogP contribution is -2.44. The van der Waals surface area contributed by atoms with Gasteiger partial charge in [-0.1, -0.05) is 35.5 Å². The predicted molar refractivity (Wildman–Crippen MR) is 95.5 cm³/mol. The molecule has 2 aliphatic rings. The van der Waals surface area contributed by atoms with Gasteiger partial charge in [-0.05, 0) is 38.2 Å². The number of benzene rings is 1.